The zero-order valence-electron chi connectivity index (χ0n) is 16.6. The minimum absolute atomic E-state index is 0.0459. The van der Waals surface area contributed by atoms with Gasteiger partial charge in [-0.15, -0.1) is 17.3 Å². The van der Waals surface area contributed by atoms with Crippen molar-refractivity contribution < 1.29 is 19.8 Å². The largest absolute Gasteiger partial charge is 0.477 e. The average Bonchev–Trinajstić information content (AvgIpc) is 3.08. The van der Waals surface area contributed by atoms with Crippen LogP contribution < -0.4 is 4.90 Å². The first kappa shape index (κ1) is 20.9. The third-order valence-corrected chi connectivity index (χ3v) is 7.08. The molecule has 2 saturated carbocycles. The van der Waals surface area contributed by atoms with Gasteiger partial charge in [0.1, 0.15) is 4.88 Å². The first-order valence-electron chi connectivity index (χ1n) is 10.2. The minimum Gasteiger partial charge on any atom is -0.477 e. The van der Waals surface area contributed by atoms with E-state index in [1.165, 1.54) is 0 Å². The number of rotatable bonds is 4. The fraction of sp³-hybridized carbons (Fsp3) is 0.636. The summed E-state index contributed by atoms with van der Waals surface area (Å²) in [6.45, 7) is 3.94. The van der Waals surface area contributed by atoms with Gasteiger partial charge in [-0.2, -0.15) is 0 Å². The zero-order valence-corrected chi connectivity index (χ0v) is 17.4. The summed E-state index contributed by atoms with van der Waals surface area (Å²) >= 11 is 1.13. The highest BCUT2D eigenvalue weighted by Crippen LogP contribution is 2.38. The molecule has 0 unspecified atom stereocenters. The van der Waals surface area contributed by atoms with Crippen molar-refractivity contribution in [3.05, 3.63) is 15.8 Å². The number of carbonyl (C=O) groups excluding carboxylic acids is 1. The zero-order chi connectivity index (χ0) is 20.3. The van der Waals surface area contributed by atoms with Crippen LogP contribution in [0.25, 0.3) is 0 Å². The molecule has 0 saturated heterocycles. The van der Waals surface area contributed by atoms with E-state index in [0.717, 1.165) is 37.0 Å². The molecule has 0 aromatic carbocycles. The molecule has 0 aliphatic heterocycles. The molecule has 2 fully saturated rings. The molecule has 1 heterocycles. The molecule has 2 aliphatic carbocycles. The van der Waals surface area contributed by atoms with Crippen LogP contribution in [0.4, 0.5) is 5.69 Å². The molecular weight excluding hydrogens is 374 g/mol. The van der Waals surface area contributed by atoms with Crippen molar-refractivity contribution >= 4 is 28.9 Å². The van der Waals surface area contributed by atoms with Crippen LogP contribution in [0.2, 0.25) is 0 Å². The summed E-state index contributed by atoms with van der Waals surface area (Å²) in [7, 11) is 0. The van der Waals surface area contributed by atoms with E-state index in [-0.39, 0.29) is 28.8 Å². The van der Waals surface area contributed by atoms with Crippen LogP contribution in [-0.2, 0) is 4.79 Å². The van der Waals surface area contributed by atoms with E-state index in [2.05, 4.69) is 18.8 Å². The molecule has 3 rings (SSSR count). The van der Waals surface area contributed by atoms with Crippen molar-refractivity contribution in [1.29, 1.82) is 0 Å². The van der Waals surface area contributed by atoms with Gasteiger partial charge in [-0.25, -0.2) is 4.79 Å². The predicted molar refractivity (Wildman–Crippen MR) is 111 cm³/mol. The number of anilines is 1. The van der Waals surface area contributed by atoms with E-state index in [1.54, 1.807) is 17.9 Å². The fourth-order valence-corrected chi connectivity index (χ4v) is 5.31. The quantitative estimate of drug-likeness (QED) is 0.736. The van der Waals surface area contributed by atoms with Crippen molar-refractivity contribution in [2.45, 2.75) is 77.4 Å². The van der Waals surface area contributed by atoms with Crippen LogP contribution in [0.15, 0.2) is 6.07 Å². The Kier molecular flexibility index (Phi) is 6.79. The van der Waals surface area contributed by atoms with E-state index in [9.17, 15) is 19.8 Å². The number of thiophene rings is 1. The topological polar surface area (TPSA) is 77.8 Å². The molecule has 152 valence electrons. The van der Waals surface area contributed by atoms with E-state index < -0.39 is 5.97 Å². The van der Waals surface area contributed by atoms with Gasteiger partial charge in [0.25, 0.3) is 0 Å². The molecule has 0 atom stereocenters. The summed E-state index contributed by atoms with van der Waals surface area (Å²) < 4.78 is 0. The molecule has 1 aromatic rings. The summed E-state index contributed by atoms with van der Waals surface area (Å²) in [5, 5.41) is 19.6. The Morgan fingerprint density at radius 2 is 1.75 bits per heavy atom. The summed E-state index contributed by atoms with van der Waals surface area (Å²) in [4.78, 5) is 28.1. The number of aromatic carboxylic acids is 1. The molecule has 6 heteroatoms. The second-order valence-corrected chi connectivity index (χ2v) is 9.18. The van der Waals surface area contributed by atoms with Crippen LogP contribution in [0.5, 0.6) is 0 Å². The number of amides is 1. The average molecular weight is 404 g/mol. The van der Waals surface area contributed by atoms with E-state index in [1.807, 2.05) is 0 Å². The van der Waals surface area contributed by atoms with E-state index in [4.69, 9.17) is 0 Å². The highest BCUT2D eigenvalue weighted by atomic mass is 32.1. The Balaban J connectivity index is 1.97. The number of carboxylic acids is 1. The van der Waals surface area contributed by atoms with Gasteiger partial charge in [0.05, 0.1) is 16.7 Å². The molecule has 1 amide bonds. The van der Waals surface area contributed by atoms with Gasteiger partial charge >= 0.3 is 5.97 Å². The number of hydrogen-bond acceptors (Lipinski definition) is 4. The Morgan fingerprint density at radius 3 is 2.32 bits per heavy atom. The van der Waals surface area contributed by atoms with Gasteiger partial charge < -0.3 is 15.1 Å². The summed E-state index contributed by atoms with van der Waals surface area (Å²) in [6.07, 6.45) is 6.14. The van der Waals surface area contributed by atoms with E-state index >= 15 is 0 Å². The third kappa shape index (κ3) is 4.59. The van der Waals surface area contributed by atoms with Crippen molar-refractivity contribution in [1.82, 2.24) is 0 Å². The molecule has 5 nitrogen and oxygen atoms in total. The standard InChI is InChI=1S/C22H29NO4S/c1-3-4-18-13-19(20(28-18)22(26)27)23(16-9-11-17(24)12-10-16)21(25)15-7-5-14(2)6-8-15/h13-17,24H,5-12H2,1-2H3,(H,26,27). The lowest BCUT2D eigenvalue weighted by Gasteiger charge is -2.38. The highest BCUT2D eigenvalue weighted by Gasteiger charge is 2.37. The Morgan fingerprint density at radius 1 is 1.11 bits per heavy atom. The normalized spacial score (nSPS) is 27.5. The second kappa shape index (κ2) is 9.11. The number of aliphatic hydroxyl groups excluding tert-OH is 1. The molecule has 0 spiro atoms. The first-order valence-corrected chi connectivity index (χ1v) is 11.0. The number of carboxylic acid groups (broad SMARTS) is 1. The lowest BCUT2D eigenvalue weighted by atomic mass is 9.81. The van der Waals surface area contributed by atoms with Crippen LogP contribution in [0.1, 0.15) is 79.8 Å². The molecule has 0 bridgehead atoms. The summed E-state index contributed by atoms with van der Waals surface area (Å²) in [5.74, 6) is 5.38. The number of aliphatic hydroxyl groups is 1. The van der Waals surface area contributed by atoms with Crippen molar-refractivity contribution in [3.63, 3.8) is 0 Å². The first-order chi connectivity index (χ1) is 13.4. The van der Waals surface area contributed by atoms with Gasteiger partial charge in [-0.05, 0) is 70.3 Å². The fourth-order valence-electron chi connectivity index (χ4n) is 4.41. The third-order valence-electron chi connectivity index (χ3n) is 6.05. The molecule has 2 N–H and O–H groups in total. The molecule has 1 aromatic heterocycles. The SMILES string of the molecule is CC#Cc1cc(N(C(=O)C2CCC(C)CC2)C2CCC(O)CC2)c(C(=O)O)s1. The summed E-state index contributed by atoms with van der Waals surface area (Å²) in [5.41, 5.74) is 0.486. The monoisotopic (exact) mass is 403 g/mol. The molecular formula is C22H29NO4S. The second-order valence-electron chi connectivity index (χ2n) is 8.13. The Hall–Kier alpha value is -1.84. The van der Waals surface area contributed by atoms with Gasteiger partial charge in [-0.3, -0.25) is 4.79 Å². The predicted octanol–water partition coefficient (Wildman–Crippen LogP) is 4.28. The number of nitrogens with zero attached hydrogens (tertiary/aromatic N) is 1. The smallest absolute Gasteiger partial charge is 0.348 e. The number of hydrogen-bond donors (Lipinski definition) is 2. The maximum absolute atomic E-state index is 13.6. The van der Waals surface area contributed by atoms with Gasteiger partial charge in [-0.1, -0.05) is 12.8 Å². The lowest BCUT2D eigenvalue weighted by molar-refractivity contribution is -0.124. The van der Waals surface area contributed by atoms with Gasteiger partial charge in [0, 0.05) is 12.0 Å². The molecule has 2 aliphatic rings. The number of carbonyl (C=O) groups is 2. The maximum atomic E-state index is 13.6. The van der Waals surface area contributed by atoms with Crippen LogP contribution >= 0.6 is 11.3 Å². The molecule has 28 heavy (non-hydrogen) atoms. The van der Waals surface area contributed by atoms with Crippen LogP contribution in [0.3, 0.4) is 0 Å². The van der Waals surface area contributed by atoms with Crippen molar-refractivity contribution in [2.75, 3.05) is 4.90 Å². The van der Waals surface area contributed by atoms with E-state index in [0.29, 0.717) is 42.2 Å². The van der Waals surface area contributed by atoms with Crippen LogP contribution in [0, 0.1) is 23.7 Å². The van der Waals surface area contributed by atoms with Crippen molar-refractivity contribution in [2.24, 2.45) is 11.8 Å². The highest BCUT2D eigenvalue weighted by molar-refractivity contribution is 7.15. The minimum atomic E-state index is -1.02. The maximum Gasteiger partial charge on any atom is 0.348 e. The Bertz CT molecular complexity index is 774. The van der Waals surface area contributed by atoms with Crippen LogP contribution in [-0.4, -0.2) is 34.2 Å². The Labute approximate surface area is 170 Å². The van der Waals surface area contributed by atoms with Gasteiger partial charge in [0.15, 0.2) is 0 Å². The van der Waals surface area contributed by atoms with Crippen molar-refractivity contribution in [3.8, 4) is 11.8 Å². The van der Waals surface area contributed by atoms with Gasteiger partial charge in [0.2, 0.25) is 5.91 Å². The summed E-state index contributed by atoms with van der Waals surface area (Å²) in [6, 6.07) is 1.70. The molecule has 0 radical (unpaired) electrons. The lowest BCUT2D eigenvalue weighted by Crippen LogP contribution is -2.47.